The van der Waals surface area contributed by atoms with Crippen molar-refractivity contribution in [2.75, 3.05) is 11.1 Å². The highest BCUT2D eigenvalue weighted by Gasteiger charge is 2.37. The molecule has 1 atom stereocenters. The molecule has 1 aliphatic heterocycles. The lowest BCUT2D eigenvalue weighted by molar-refractivity contribution is 0.387. The van der Waals surface area contributed by atoms with Crippen LogP contribution in [0.3, 0.4) is 0 Å². The maximum atomic E-state index is 6.17. The van der Waals surface area contributed by atoms with Gasteiger partial charge in [-0.2, -0.15) is 5.10 Å². The number of aromatic nitrogens is 6. The molecular weight excluding hydrogens is 444 g/mol. The number of hydrogen-bond acceptors (Lipinski definition) is 10. The fourth-order valence-electron chi connectivity index (χ4n) is 4.55. The van der Waals surface area contributed by atoms with E-state index in [1.165, 1.54) is 17.5 Å². The molecule has 0 saturated heterocycles. The summed E-state index contributed by atoms with van der Waals surface area (Å²) >= 11 is 0. The van der Waals surface area contributed by atoms with Gasteiger partial charge in [-0.1, -0.05) is 12.1 Å². The van der Waals surface area contributed by atoms with Crippen LogP contribution >= 0.6 is 0 Å². The number of rotatable bonds is 6. The van der Waals surface area contributed by atoms with Gasteiger partial charge in [0.2, 0.25) is 5.89 Å². The molecule has 11 heteroatoms. The first kappa shape index (κ1) is 21.3. The number of aryl methyl sites for hydroxylation is 2. The molecule has 1 aromatic carbocycles. The Balaban J connectivity index is 1.37. The van der Waals surface area contributed by atoms with E-state index >= 15 is 0 Å². The topological polar surface area (TPSA) is 136 Å². The van der Waals surface area contributed by atoms with Crippen molar-refractivity contribution in [2.24, 2.45) is 12.0 Å². The summed E-state index contributed by atoms with van der Waals surface area (Å²) in [4.78, 5) is 16.1. The number of benzene rings is 1. The third-order valence-corrected chi connectivity index (χ3v) is 6.37. The molecule has 0 spiro atoms. The molecule has 0 bridgehead atoms. The van der Waals surface area contributed by atoms with Gasteiger partial charge in [0.1, 0.15) is 29.4 Å². The van der Waals surface area contributed by atoms with Crippen LogP contribution in [0.2, 0.25) is 0 Å². The van der Waals surface area contributed by atoms with Gasteiger partial charge in [-0.3, -0.25) is 4.68 Å². The lowest BCUT2D eigenvalue weighted by atomic mass is 9.98. The minimum Gasteiger partial charge on any atom is -0.421 e. The molecule has 3 N–H and O–H groups in total. The average molecular weight is 471 g/mol. The normalized spacial score (nSPS) is 16.1. The molecule has 3 aromatic heterocycles. The first-order chi connectivity index (χ1) is 17.0. The number of nitrogens with zero attached hydrogens (tertiary/aromatic N) is 8. The lowest BCUT2D eigenvalue weighted by Crippen LogP contribution is -2.44. The molecule has 1 fully saturated rings. The van der Waals surface area contributed by atoms with E-state index in [1.54, 1.807) is 6.92 Å². The summed E-state index contributed by atoms with van der Waals surface area (Å²) in [7, 11) is 1.93. The molecule has 1 unspecified atom stereocenters. The van der Waals surface area contributed by atoms with Gasteiger partial charge in [-0.15, -0.1) is 10.2 Å². The van der Waals surface area contributed by atoms with Crippen molar-refractivity contribution in [2.45, 2.75) is 45.3 Å². The minimum atomic E-state index is -0.150. The number of nitrogens with one attached hydrogen (secondary N) is 1. The van der Waals surface area contributed by atoms with Crippen LogP contribution in [-0.2, 0) is 13.6 Å². The highest BCUT2D eigenvalue weighted by Crippen LogP contribution is 2.40. The summed E-state index contributed by atoms with van der Waals surface area (Å²) in [6.07, 6.45) is 7.68. The van der Waals surface area contributed by atoms with Gasteiger partial charge >= 0.3 is 0 Å². The predicted octanol–water partition coefficient (Wildman–Crippen LogP) is 3.33. The molecular formula is C24H26N10O. The van der Waals surface area contributed by atoms with Gasteiger partial charge < -0.3 is 20.4 Å². The van der Waals surface area contributed by atoms with Gasteiger partial charge in [-0.05, 0) is 31.4 Å². The average Bonchev–Trinajstić information content (AvgIpc) is 3.47. The number of nitrogens with two attached hydrogens (primary N) is 1. The second kappa shape index (κ2) is 8.19. The Morgan fingerprint density at radius 2 is 2.06 bits per heavy atom. The first-order valence-corrected chi connectivity index (χ1v) is 11.6. The largest absolute Gasteiger partial charge is 0.421 e. The van der Waals surface area contributed by atoms with Crippen LogP contribution in [0.4, 0.5) is 17.3 Å². The molecule has 2 aliphatic rings. The van der Waals surface area contributed by atoms with E-state index in [1.807, 2.05) is 30.2 Å². The number of fused-ring (bicyclic) bond motifs is 1. The van der Waals surface area contributed by atoms with Crippen molar-refractivity contribution in [1.82, 2.24) is 34.8 Å². The number of amidine groups is 1. The zero-order valence-corrected chi connectivity index (χ0v) is 19.8. The van der Waals surface area contributed by atoms with E-state index in [0.717, 1.165) is 36.5 Å². The molecule has 178 valence electrons. The smallest absolute Gasteiger partial charge is 0.255 e. The van der Waals surface area contributed by atoms with Crippen molar-refractivity contribution in [3.05, 3.63) is 48.4 Å². The zero-order chi connectivity index (χ0) is 24.1. The molecule has 4 heterocycles. The summed E-state index contributed by atoms with van der Waals surface area (Å²) in [6.45, 7) is 4.59. The van der Waals surface area contributed by atoms with Crippen molar-refractivity contribution in [3.63, 3.8) is 0 Å². The Hall–Kier alpha value is -4.28. The molecule has 0 amide bonds. The van der Waals surface area contributed by atoms with Crippen LogP contribution in [0.5, 0.6) is 0 Å². The third kappa shape index (κ3) is 3.88. The van der Waals surface area contributed by atoms with E-state index in [4.69, 9.17) is 15.1 Å². The molecule has 1 saturated carbocycles. The Morgan fingerprint density at radius 1 is 1.20 bits per heavy atom. The van der Waals surface area contributed by atoms with Crippen LogP contribution in [0, 0.1) is 6.92 Å². The van der Waals surface area contributed by atoms with Crippen LogP contribution < -0.4 is 11.1 Å². The minimum absolute atomic E-state index is 0.150. The number of aliphatic imine (C=N–C) groups is 1. The van der Waals surface area contributed by atoms with Gasteiger partial charge in [-0.25, -0.2) is 15.0 Å². The Labute approximate surface area is 202 Å². The van der Waals surface area contributed by atoms with E-state index in [-0.39, 0.29) is 17.8 Å². The summed E-state index contributed by atoms with van der Waals surface area (Å²) in [5.74, 6) is 2.50. The van der Waals surface area contributed by atoms with Gasteiger partial charge in [0.15, 0.2) is 0 Å². The molecule has 11 nitrogen and oxygen atoms in total. The van der Waals surface area contributed by atoms with Crippen LogP contribution in [0.25, 0.3) is 22.6 Å². The molecule has 0 radical (unpaired) electrons. The van der Waals surface area contributed by atoms with Crippen molar-refractivity contribution in [3.8, 4) is 22.6 Å². The standard InChI is InChI=1S/C24H26N10O/c1-13(29-22-20(21(25)26-12-27-22)24-32-31-14(2)35-24)23-30-19-6-4-5-17(15-9-28-33(3)10-15)18(19)11-34(23)16-7-8-16/h4-6,9-10,12-13,16H,7-8,11H2,1-3H3,(H3,25,26,27,29). The fraction of sp³-hybridized carbons (Fsp3) is 0.333. The molecule has 6 rings (SSSR count). The number of hydrogen-bond donors (Lipinski definition) is 2. The van der Waals surface area contributed by atoms with Crippen molar-refractivity contribution < 1.29 is 4.42 Å². The quantitative estimate of drug-likeness (QED) is 0.435. The highest BCUT2D eigenvalue weighted by molar-refractivity contribution is 5.95. The molecule has 1 aliphatic carbocycles. The van der Waals surface area contributed by atoms with Crippen LogP contribution in [0.1, 0.15) is 31.2 Å². The van der Waals surface area contributed by atoms with E-state index < -0.39 is 0 Å². The monoisotopic (exact) mass is 470 g/mol. The second-order valence-electron chi connectivity index (χ2n) is 9.01. The Kier molecular flexibility index (Phi) is 4.97. The Bertz CT molecular complexity index is 1430. The second-order valence-corrected chi connectivity index (χ2v) is 9.01. The highest BCUT2D eigenvalue weighted by atomic mass is 16.4. The van der Waals surface area contributed by atoms with Gasteiger partial charge in [0.25, 0.3) is 5.89 Å². The fourth-order valence-corrected chi connectivity index (χ4v) is 4.55. The summed E-state index contributed by atoms with van der Waals surface area (Å²) in [5, 5.41) is 15.9. The van der Waals surface area contributed by atoms with E-state index in [0.29, 0.717) is 23.3 Å². The number of nitrogen functional groups attached to an aromatic ring is 1. The zero-order valence-electron chi connectivity index (χ0n) is 19.8. The lowest BCUT2D eigenvalue weighted by Gasteiger charge is -2.35. The van der Waals surface area contributed by atoms with Gasteiger partial charge in [0, 0.05) is 43.9 Å². The van der Waals surface area contributed by atoms with Crippen molar-refractivity contribution in [1.29, 1.82) is 0 Å². The van der Waals surface area contributed by atoms with E-state index in [2.05, 4.69) is 54.5 Å². The van der Waals surface area contributed by atoms with E-state index in [9.17, 15) is 0 Å². The summed E-state index contributed by atoms with van der Waals surface area (Å²) in [5.41, 5.74) is 11.1. The third-order valence-electron chi connectivity index (χ3n) is 6.37. The SMILES string of the molecule is Cc1nnc(-c2c(N)ncnc2NC(C)C2=Nc3cccc(-c4cnn(C)c4)c3CN2C2CC2)o1. The van der Waals surface area contributed by atoms with Crippen molar-refractivity contribution >= 4 is 23.2 Å². The molecule has 4 aromatic rings. The van der Waals surface area contributed by atoms with Gasteiger partial charge in [0.05, 0.1) is 17.9 Å². The Morgan fingerprint density at radius 3 is 2.77 bits per heavy atom. The summed E-state index contributed by atoms with van der Waals surface area (Å²) < 4.78 is 7.45. The first-order valence-electron chi connectivity index (χ1n) is 11.6. The summed E-state index contributed by atoms with van der Waals surface area (Å²) in [6, 6.07) is 6.59. The maximum absolute atomic E-state index is 6.17. The van der Waals surface area contributed by atoms with Crippen LogP contribution in [-0.4, -0.2) is 52.8 Å². The molecule has 35 heavy (non-hydrogen) atoms. The van der Waals surface area contributed by atoms with Crippen LogP contribution in [0.15, 0.2) is 46.3 Å². The maximum Gasteiger partial charge on any atom is 0.255 e. The number of anilines is 2. The predicted molar refractivity (Wildman–Crippen MR) is 132 cm³/mol.